The van der Waals surface area contributed by atoms with Gasteiger partial charge in [0.25, 0.3) is 5.91 Å². The summed E-state index contributed by atoms with van der Waals surface area (Å²) in [6.45, 7) is 4.22. The number of anilines is 2. The van der Waals surface area contributed by atoms with E-state index in [0.717, 1.165) is 38.2 Å². The molecule has 0 aliphatic carbocycles. The van der Waals surface area contributed by atoms with Crippen LogP contribution in [0.15, 0.2) is 85.2 Å². The summed E-state index contributed by atoms with van der Waals surface area (Å²) in [5.41, 5.74) is 0.928. The molecule has 0 spiro atoms. The number of benzene rings is 2. The van der Waals surface area contributed by atoms with Crippen LogP contribution in [0, 0.1) is 0 Å². The Balaban J connectivity index is 1.27. The highest BCUT2D eigenvalue weighted by Gasteiger charge is 2.12. The van der Waals surface area contributed by atoms with Crippen LogP contribution in [0.4, 0.5) is 11.5 Å². The number of carboxylic acids is 1. The fraction of sp³-hybridized carbons (Fsp3) is 0.233. The minimum atomic E-state index is -0.977. The van der Waals surface area contributed by atoms with Crippen LogP contribution in [0.2, 0.25) is 0 Å². The maximum absolute atomic E-state index is 12.8. The Hall–Kier alpha value is -4.99. The predicted octanol–water partition coefficient (Wildman–Crippen LogP) is 5.69. The highest BCUT2D eigenvalue weighted by Crippen LogP contribution is 2.19. The topological polar surface area (TPSA) is 127 Å². The number of rotatable bonds is 14. The third kappa shape index (κ3) is 8.26. The zero-order valence-electron chi connectivity index (χ0n) is 22.2. The minimum Gasteiger partial charge on any atom is -0.494 e. The van der Waals surface area contributed by atoms with Gasteiger partial charge in [0.05, 0.1) is 24.1 Å². The van der Waals surface area contributed by atoms with Crippen molar-refractivity contribution in [2.24, 2.45) is 0 Å². The van der Waals surface area contributed by atoms with E-state index in [9.17, 15) is 9.59 Å². The lowest BCUT2D eigenvalue weighted by Crippen LogP contribution is -2.26. The number of carboxylic acid groups (broad SMARTS) is 1. The second-order valence-corrected chi connectivity index (χ2v) is 8.87. The van der Waals surface area contributed by atoms with E-state index in [1.54, 1.807) is 30.5 Å². The number of nitrogens with one attached hydrogen (secondary N) is 1. The van der Waals surface area contributed by atoms with Crippen molar-refractivity contribution in [3.05, 3.63) is 96.4 Å². The molecule has 0 aliphatic heterocycles. The molecule has 0 bridgehead atoms. The van der Waals surface area contributed by atoms with Crippen LogP contribution < -0.4 is 19.7 Å². The van der Waals surface area contributed by atoms with Crippen LogP contribution in [-0.4, -0.2) is 51.6 Å². The molecule has 0 fully saturated rings. The zero-order chi connectivity index (χ0) is 28.2. The van der Waals surface area contributed by atoms with E-state index in [4.69, 9.17) is 14.6 Å². The first-order chi connectivity index (χ1) is 19.5. The Labute approximate surface area is 232 Å². The Morgan fingerprint density at radius 1 is 0.925 bits per heavy atom. The normalized spacial score (nSPS) is 10.5. The van der Waals surface area contributed by atoms with Crippen LogP contribution in [0.25, 0.3) is 0 Å². The van der Waals surface area contributed by atoms with Gasteiger partial charge in [0.2, 0.25) is 0 Å². The molecule has 0 saturated carbocycles. The second kappa shape index (κ2) is 14.2. The molecule has 40 heavy (non-hydrogen) atoms. The first kappa shape index (κ1) is 28.0. The predicted molar refractivity (Wildman–Crippen MR) is 151 cm³/mol. The van der Waals surface area contributed by atoms with E-state index < -0.39 is 11.9 Å². The Morgan fingerprint density at radius 3 is 2.50 bits per heavy atom. The van der Waals surface area contributed by atoms with Crippen molar-refractivity contribution in [2.45, 2.75) is 26.2 Å². The van der Waals surface area contributed by atoms with Crippen LogP contribution in [0.5, 0.6) is 17.5 Å². The molecule has 0 aliphatic rings. The summed E-state index contributed by atoms with van der Waals surface area (Å²) in [7, 11) is 0. The summed E-state index contributed by atoms with van der Waals surface area (Å²) in [4.78, 5) is 38.9. The molecule has 4 aromatic rings. The van der Waals surface area contributed by atoms with Crippen molar-refractivity contribution >= 4 is 23.4 Å². The summed E-state index contributed by atoms with van der Waals surface area (Å²) in [5, 5.41) is 11.9. The number of aromatic carboxylic acids is 1. The molecule has 1 amide bonds. The second-order valence-electron chi connectivity index (χ2n) is 8.87. The standard InChI is InChI=1S/C30H31N5O5/c1-2-17-35(18-6-7-19-39-25-12-8-9-22(20-25)29(37)38)27-14-13-23(21-32-27)33-28(36)26-15-16-31-30(34-26)40-24-10-4-3-5-11-24/h3-5,8-16,20-21H,2,6-7,17-19H2,1H3,(H,33,36)(H,37,38). The van der Waals surface area contributed by atoms with Gasteiger partial charge in [-0.15, -0.1) is 0 Å². The number of ether oxygens (including phenoxy) is 2. The molecule has 0 unspecified atom stereocenters. The van der Waals surface area contributed by atoms with Gasteiger partial charge in [-0.05, 0) is 67.8 Å². The molecule has 0 saturated heterocycles. The van der Waals surface area contributed by atoms with E-state index in [0.29, 0.717) is 23.8 Å². The molecule has 2 aromatic heterocycles. The first-order valence-corrected chi connectivity index (χ1v) is 13.1. The lowest BCUT2D eigenvalue weighted by atomic mass is 10.2. The number of unbranched alkanes of at least 4 members (excludes halogenated alkanes) is 1. The number of hydrogen-bond donors (Lipinski definition) is 2. The lowest BCUT2D eigenvalue weighted by molar-refractivity contribution is 0.0696. The molecular weight excluding hydrogens is 510 g/mol. The van der Waals surface area contributed by atoms with Crippen LogP contribution in [0.1, 0.15) is 47.0 Å². The van der Waals surface area contributed by atoms with E-state index >= 15 is 0 Å². The number of amides is 1. The number of carbonyl (C=O) groups is 2. The van der Waals surface area contributed by atoms with E-state index in [1.165, 1.54) is 24.4 Å². The van der Waals surface area contributed by atoms with Crippen LogP contribution in [0.3, 0.4) is 0 Å². The van der Waals surface area contributed by atoms with E-state index in [2.05, 4.69) is 32.1 Å². The summed E-state index contributed by atoms with van der Waals surface area (Å²) in [6.07, 6.45) is 5.74. The van der Waals surface area contributed by atoms with Crippen molar-refractivity contribution in [1.82, 2.24) is 15.0 Å². The highest BCUT2D eigenvalue weighted by molar-refractivity contribution is 6.02. The molecule has 10 nitrogen and oxygen atoms in total. The Bertz CT molecular complexity index is 1400. The quantitative estimate of drug-likeness (QED) is 0.194. The average Bonchev–Trinajstić information content (AvgIpc) is 2.98. The SMILES string of the molecule is CCCN(CCCCOc1cccc(C(=O)O)c1)c1ccc(NC(=O)c2ccnc(Oc3ccccc3)n2)cn1. The van der Waals surface area contributed by atoms with Gasteiger partial charge < -0.3 is 24.8 Å². The molecule has 2 N–H and O–H groups in total. The van der Waals surface area contributed by atoms with Crippen molar-refractivity contribution < 1.29 is 24.2 Å². The first-order valence-electron chi connectivity index (χ1n) is 13.1. The smallest absolute Gasteiger partial charge is 0.335 e. The van der Waals surface area contributed by atoms with Gasteiger partial charge in [0.15, 0.2) is 0 Å². The van der Waals surface area contributed by atoms with Gasteiger partial charge in [0.1, 0.15) is 23.0 Å². The largest absolute Gasteiger partial charge is 0.494 e. The van der Waals surface area contributed by atoms with Gasteiger partial charge in [-0.3, -0.25) is 4.79 Å². The van der Waals surface area contributed by atoms with Gasteiger partial charge in [-0.25, -0.2) is 14.8 Å². The molecule has 10 heteroatoms. The van der Waals surface area contributed by atoms with Crippen LogP contribution in [-0.2, 0) is 0 Å². The van der Waals surface area contributed by atoms with Crippen molar-refractivity contribution in [1.29, 1.82) is 0 Å². The fourth-order valence-corrected chi connectivity index (χ4v) is 3.88. The van der Waals surface area contributed by atoms with Crippen molar-refractivity contribution in [3.63, 3.8) is 0 Å². The maximum Gasteiger partial charge on any atom is 0.335 e. The third-order valence-corrected chi connectivity index (χ3v) is 5.81. The van der Waals surface area contributed by atoms with Gasteiger partial charge in [-0.2, -0.15) is 4.98 Å². The van der Waals surface area contributed by atoms with Crippen molar-refractivity contribution in [2.75, 3.05) is 29.9 Å². The summed E-state index contributed by atoms with van der Waals surface area (Å²) < 4.78 is 11.3. The van der Waals surface area contributed by atoms with Gasteiger partial charge in [-0.1, -0.05) is 31.2 Å². The number of pyridine rings is 1. The molecule has 2 aromatic carbocycles. The number of aromatic nitrogens is 3. The fourth-order valence-electron chi connectivity index (χ4n) is 3.88. The maximum atomic E-state index is 12.8. The van der Waals surface area contributed by atoms with E-state index in [-0.39, 0.29) is 17.3 Å². The molecule has 0 atom stereocenters. The number of nitrogens with zero attached hydrogens (tertiary/aromatic N) is 4. The molecule has 2 heterocycles. The Kier molecular flexibility index (Phi) is 9.98. The van der Waals surface area contributed by atoms with Gasteiger partial charge >= 0.3 is 12.0 Å². The molecule has 4 rings (SSSR count). The summed E-state index contributed by atoms with van der Waals surface area (Å²) in [6, 6.07) is 20.9. The lowest BCUT2D eigenvalue weighted by Gasteiger charge is -2.23. The number of carbonyl (C=O) groups excluding carboxylic acids is 1. The average molecular weight is 542 g/mol. The van der Waals surface area contributed by atoms with E-state index in [1.807, 2.05) is 30.3 Å². The van der Waals surface area contributed by atoms with Crippen LogP contribution >= 0.6 is 0 Å². The Morgan fingerprint density at radius 2 is 1.75 bits per heavy atom. The highest BCUT2D eigenvalue weighted by atomic mass is 16.5. The minimum absolute atomic E-state index is 0.0849. The number of para-hydroxylation sites is 1. The molecule has 206 valence electrons. The summed E-state index contributed by atoms with van der Waals surface area (Å²) in [5.74, 6) is 0.570. The third-order valence-electron chi connectivity index (χ3n) is 5.81. The summed E-state index contributed by atoms with van der Waals surface area (Å²) >= 11 is 0. The van der Waals surface area contributed by atoms with Crippen molar-refractivity contribution in [3.8, 4) is 17.5 Å². The molecule has 0 radical (unpaired) electrons. The van der Waals surface area contributed by atoms with Gasteiger partial charge in [0, 0.05) is 19.3 Å². The zero-order valence-corrected chi connectivity index (χ0v) is 22.2. The monoisotopic (exact) mass is 541 g/mol. The molecular formula is C30H31N5O5. The number of hydrogen-bond acceptors (Lipinski definition) is 8.